The largest absolute Gasteiger partial charge is 0.366 e. The van der Waals surface area contributed by atoms with Gasteiger partial charge in [-0.1, -0.05) is 6.07 Å². The normalized spacial score (nSPS) is 15.9. The maximum Gasteiger partial charge on any atom is 0.246 e. The molecule has 0 saturated carbocycles. The van der Waals surface area contributed by atoms with E-state index >= 15 is 0 Å². The number of ether oxygens (including phenoxy) is 1. The molecule has 6 nitrogen and oxygen atoms in total. The molecule has 1 aliphatic heterocycles. The van der Waals surface area contributed by atoms with Crippen molar-refractivity contribution < 1.29 is 9.53 Å². The fourth-order valence-corrected chi connectivity index (χ4v) is 3.19. The van der Waals surface area contributed by atoms with Crippen molar-refractivity contribution in [2.45, 2.75) is 45.9 Å². The van der Waals surface area contributed by atoms with E-state index in [1.54, 1.807) is 0 Å². The summed E-state index contributed by atoms with van der Waals surface area (Å²) in [4.78, 5) is 11.7. The van der Waals surface area contributed by atoms with Crippen LogP contribution in [0, 0.1) is 18.3 Å². The Morgan fingerprint density at radius 3 is 2.96 bits per heavy atom. The molecular weight excluding hydrogens is 316 g/mol. The number of hydrogen-bond donors (Lipinski definition) is 1. The van der Waals surface area contributed by atoms with Gasteiger partial charge in [-0.25, -0.2) is 0 Å². The minimum atomic E-state index is -0.0947. The molecule has 0 spiro atoms. The minimum absolute atomic E-state index is 0.0425. The van der Waals surface area contributed by atoms with Gasteiger partial charge in [0.2, 0.25) is 5.91 Å². The molecule has 1 atom stereocenters. The Labute approximate surface area is 147 Å². The van der Waals surface area contributed by atoms with Crippen LogP contribution in [-0.4, -0.2) is 34.4 Å². The van der Waals surface area contributed by atoms with Gasteiger partial charge in [0.25, 0.3) is 0 Å². The molecule has 3 rings (SSSR count). The molecule has 6 heteroatoms. The van der Waals surface area contributed by atoms with Gasteiger partial charge >= 0.3 is 0 Å². The third-order valence-corrected chi connectivity index (χ3v) is 4.29. The van der Waals surface area contributed by atoms with Gasteiger partial charge in [0, 0.05) is 23.7 Å². The average molecular weight is 338 g/mol. The third-order valence-electron chi connectivity index (χ3n) is 4.29. The van der Waals surface area contributed by atoms with Crippen LogP contribution in [0.5, 0.6) is 0 Å². The van der Waals surface area contributed by atoms with E-state index in [4.69, 9.17) is 10.00 Å². The Morgan fingerprint density at radius 2 is 2.28 bits per heavy atom. The Morgan fingerprint density at radius 1 is 1.48 bits per heavy atom. The van der Waals surface area contributed by atoms with E-state index in [2.05, 4.69) is 16.5 Å². The van der Waals surface area contributed by atoms with Crippen LogP contribution in [-0.2, 0) is 22.5 Å². The lowest BCUT2D eigenvalue weighted by molar-refractivity contribution is -0.128. The first-order valence-corrected chi connectivity index (χ1v) is 8.44. The molecule has 1 aromatic carbocycles. The summed E-state index contributed by atoms with van der Waals surface area (Å²) in [5.41, 5.74) is 4.97. The SMILES string of the molecule is Cc1cc(C#N)ccc1-c1cnn2c1C[C@@H](OCC(=O)NC(C)C)C2. The van der Waals surface area contributed by atoms with E-state index in [0.29, 0.717) is 12.1 Å². The molecule has 1 amide bonds. The number of benzene rings is 1. The number of aromatic nitrogens is 2. The number of rotatable bonds is 5. The molecule has 2 heterocycles. The van der Waals surface area contributed by atoms with Gasteiger partial charge in [0.1, 0.15) is 6.61 Å². The highest BCUT2D eigenvalue weighted by Gasteiger charge is 2.27. The van der Waals surface area contributed by atoms with Crippen LogP contribution in [0.2, 0.25) is 0 Å². The first-order chi connectivity index (χ1) is 12.0. The standard InChI is InChI=1S/C19H22N4O2/c1-12(2)22-19(24)11-25-15-7-18-17(9-21-23(18)10-15)16-5-4-14(8-20)6-13(16)3/h4-6,9,12,15H,7,10-11H2,1-3H3,(H,22,24)/t15-/m1/s1. The van der Waals surface area contributed by atoms with Crippen LogP contribution < -0.4 is 5.32 Å². The number of aryl methyl sites for hydroxylation is 1. The fraction of sp³-hybridized carbons (Fsp3) is 0.421. The summed E-state index contributed by atoms with van der Waals surface area (Å²) in [6.45, 7) is 6.57. The van der Waals surface area contributed by atoms with Crippen LogP contribution in [0.3, 0.4) is 0 Å². The van der Waals surface area contributed by atoms with Crippen molar-refractivity contribution >= 4 is 5.91 Å². The molecule has 130 valence electrons. The van der Waals surface area contributed by atoms with Crippen LogP contribution in [0.4, 0.5) is 0 Å². The topological polar surface area (TPSA) is 79.9 Å². The highest BCUT2D eigenvalue weighted by molar-refractivity contribution is 5.77. The number of carbonyl (C=O) groups is 1. The molecule has 1 aromatic heterocycles. The molecule has 25 heavy (non-hydrogen) atoms. The van der Waals surface area contributed by atoms with Crippen molar-refractivity contribution in [2.24, 2.45) is 0 Å². The fourth-order valence-electron chi connectivity index (χ4n) is 3.19. The average Bonchev–Trinajstić information content (AvgIpc) is 3.12. The first-order valence-electron chi connectivity index (χ1n) is 8.44. The number of nitriles is 1. The highest BCUT2D eigenvalue weighted by atomic mass is 16.5. The van der Waals surface area contributed by atoms with Gasteiger partial charge in [-0.15, -0.1) is 0 Å². The number of amides is 1. The summed E-state index contributed by atoms with van der Waals surface area (Å²) >= 11 is 0. The molecule has 0 saturated heterocycles. The van der Waals surface area contributed by atoms with E-state index in [-0.39, 0.29) is 24.7 Å². The van der Waals surface area contributed by atoms with E-state index in [0.717, 1.165) is 28.8 Å². The predicted octanol–water partition coefficient (Wildman–Crippen LogP) is 2.20. The van der Waals surface area contributed by atoms with Crippen LogP contribution in [0.1, 0.15) is 30.7 Å². The van der Waals surface area contributed by atoms with Crippen molar-refractivity contribution in [2.75, 3.05) is 6.61 Å². The lowest BCUT2D eigenvalue weighted by Crippen LogP contribution is -2.34. The van der Waals surface area contributed by atoms with Crippen molar-refractivity contribution in [3.8, 4) is 17.2 Å². The van der Waals surface area contributed by atoms with Gasteiger partial charge in [-0.05, 0) is 44.0 Å². The van der Waals surface area contributed by atoms with Crippen molar-refractivity contribution in [3.63, 3.8) is 0 Å². The predicted molar refractivity (Wildman–Crippen MR) is 93.8 cm³/mol. The molecule has 0 bridgehead atoms. The van der Waals surface area contributed by atoms with E-state index < -0.39 is 0 Å². The number of carbonyl (C=O) groups excluding carboxylic acids is 1. The van der Waals surface area contributed by atoms with Crippen LogP contribution in [0.15, 0.2) is 24.4 Å². The van der Waals surface area contributed by atoms with Gasteiger partial charge in [0.05, 0.1) is 30.5 Å². The molecule has 0 unspecified atom stereocenters. The summed E-state index contributed by atoms with van der Waals surface area (Å²) in [5, 5.41) is 16.3. The second-order valence-electron chi connectivity index (χ2n) is 6.69. The quantitative estimate of drug-likeness (QED) is 0.906. The number of fused-ring (bicyclic) bond motifs is 1. The summed E-state index contributed by atoms with van der Waals surface area (Å²) in [7, 11) is 0. The monoisotopic (exact) mass is 338 g/mol. The van der Waals surface area contributed by atoms with Crippen molar-refractivity contribution in [3.05, 3.63) is 41.2 Å². The molecule has 0 radical (unpaired) electrons. The Balaban J connectivity index is 1.70. The Hall–Kier alpha value is -2.65. The number of nitrogens with zero attached hydrogens (tertiary/aromatic N) is 3. The van der Waals surface area contributed by atoms with Crippen LogP contribution >= 0.6 is 0 Å². The van der Waals surface area contributed by atoms with Gasteiger partial charge in [-0.2, -0.15) is 10.4 Å². The molecule has 1 N–H and O–H groups in total. The highest BCUT2D eigenvalue weighted by Crippen LogP contribution is 2.31. The van der Waals surface area contributed by atoms with Crippen molar-refractivity contribution in [1.82, 2.24) is 15.1 Å². The van der Waals surface area contributed by atoms with E-state index in [1.807, 2.05) is 49.8 Å². The van der Waals surface area contributed by atoms with E-state index in [9.17, 15) is 4.79 Å². The summed E-state index contributed by atoms with van der Waals surface area (Å²) < 4.78 is 7.69. The maximum atomic E-state index is 11.7. The third kappa shape index (κ3) is 3.72. The van der Waals surface area contributed by atoms with Crippen LogP contribution in [0.25, 0.3) is 11.1 Å². The Kier molecular flexibility index (Phi) is 4.86. The Bertz CT molecular complexity index is 832. The zero-order chi connectivity index (χ0) is 18.0. The smallest absolute Gasteiger partial charge is 0.246 e. The van der Waals surface area contributed by atoms with Gasteiger partial charge < -0.3 is 10.1 Å². The zero-order valence-electron chi connectivity index (χ0n) is 14.7. The lowest BCUT2D eigenvalue weighted by atomic mass is 9.98. The van der Waals surface area contributed by atoms with Gasteiger partial charge in [0.15, 0.2) is 0 Å². The lowest BCUT2D eigenvalue weighted by Gasteiger charge is -2.12. The second kappa shape index (κ2) is 7.08. The molecule has 0 fully saturated rings. The molecular formula is C19H22N4O2. The van der Waals surface area contributed by atoms with Crippen molar-refractivity contribution in [1.29, 1.82) is 5.26 Å². The number of nitrogens with one attached hydrogen (secondary N) is 1. The van der Waals surface area contributed by atoms with Gasteiger partial charge in [-0.3, -0.25) is 9.48 Å². The number of hydrogen-bond acceptors (Lipinski definition) is 4. The maximum absolute atomic E-state index is 11.7. The molecule has 0 aliphatic carbocycles. The summed E-state index contributed by atoms with van der Waals surface area (Å²) in [6.07, 6.45) is 2.55. The molecule has 2 aromatic rings. The summed E-state index contributed by atoms with van der Waals surface area (Å²) in [6, 6.07) is 7.95. The second-order valence-corrected chi connectivity index (χ2v) is 6.69. The zero-order valence-corrected chi connectivity index (χ0v) is 14.7. The molecule has 1 aliphatic rings. The van der Waals surface area contributed by atoms with E-state index in [1.165, 1.54) is 0 Å². The summed E-state index contributed by atoms with van der Waals surface area (Å²) in [5.74, 6) is -0.0947. The minimum Gasteiger partial charge on any atom is -0.366 e. The first kappa shape index (κ1) is 17.2.